The molecule has 498 valence electrons. The summed E-state index contributed by atoms with van der Waals surface area (Å²) in [6.07, 6.45) is 88.1. The molecule has 0 heterocycles. The maximum Gasteiger partial charge on any atom is 0.306 e. The average molecular weight is 1220 g/mol. The molecule has 0 aliphatic carbocycles. The third kappa shape index (κ3) is 65.4. The summed E-state index contributed by atoms with van der Waals surface area (Å²) in [5, 5.41) is 3.04. The first-order valence-corrected chi connectivity index (χ1v) is 37.5. The molecule has 0 aliphatic heterocycles. The van der Waals surface area contributed by atoms with Crippen molar-refractivity contribution in [2.45, 2.75) is 335 Å². The van der Waals surface area contributed by atoms with Gasteiger partial charge in [0.05, 0.1) is 33.8 Å². The molecule has 0 bridgehead atoms. The molecule has 86 heavy (non-hydrogen) atoms. The molecule has 0 spiro atoms. The Labute approximate surface area is 532 Å². The molecule has 1 N–H and O–H groups in total. The van der Waals surface area contributed by atoms with Gasteiger partial charge in [-0.2, -0.15) is 0 Å². The molecular weight excluding hydrogens is 1080 g/mol. The highest BCUT2D eigenvalue weighted by Gasteiger charge is 2.27. The lowest BCUT2D eigenvalue weighted by Gasteiger charge is -2.30. The van der Waals surface area contributed by atoms with E-state index in [9.17, 15) is 19.0 Å². The van der Waals surface area contributed by atoms with Crippen molar-refractivity contribution in [2.24, 2.45) is 0 Å². The fraction of sp³-hybridized carbons (Fsp3) is 0.763. The number of hydrogen-bond donors (Lipinski definition) is 1. The Morgan fingerprint density at radius 3 is 1.14 bits per heavy atom. The van der Waals surface area contributed by atoms with Gasteiger partial charge in [0.2, 0.25) is 5.91 Å². The summed E-state index contributed by atoms with van der Waals surface area (Å²) in [5.74, 6) is -0.541. The van der Waals surface area contributed by atoms with Gasteiger partial charge < -0.3 is 28.5 Å². The van der Waals surface area contributed by atoms with Crippen LogP contribution in [0, 0.1) is 0 Å². The minimum absolute atomic E-state index is 0.0259. The summed E-state index contributed by atoms with van der Waals surface area (Å²) in [6, 6.07) is -0.896. The van der Waals surface area contributed by atoms with Gasteiger partial charge in [-0.1, -0.05) is 298 Å². The van der Waals surface area contributed by atoms with Gasteiger partial charge in [-0.25, -0.2) is 0 Å². The molecule has 0 aromatic carbocycles. The first-order chi connectivity index (χ1) is 41.9. The van der Waals surface area contributed by atoms with E-state index in [1.165, 1.54) is 186 Å². The molecule has 3 atom stereocenters. The Balaban J connectivity index is 5.05. The van der Waals surface area contributed by atoms with E-state index < -0.39 is 26.6 Å². The number of phosphoric ester groups is 1. The van der Waals surface area contributed by atoms with Gasteiger partial charge in [-0.05, 0) is 109 Å². The lowest BCUT2D eigenvalue weighted by Crippen LogP contribution is -2.47. The number of rotatable bonds is 65. The van der Waals surface area contributed by atoms with Crippen LogP contribution < -0.4 is 10.2 Å². The number of carbonyl (C=O) groups excluding carboxylic acids is 2. The van der Waals surface area contributed by atoms with Crippen molar-refractivity contribution in [2.75, 3.05) is 40.9 Å². The summed E-state index contributed by atoms with van der Waals surface area (Å²) < 4.78 is 30.5. The molecule has 1 amide bonds. The summed E-state index contributed by atoms with van der Waals surface area (Å²) in [5.41, 5.74) is 0. The minimum atomic E-state index is -4.71. The number of amides is 1. The quantitative estimate of drug-likeness (QED) is 0.0212. The van der Waals surface area contributed by atoms with Gasteiger partial charge in [0.25, 0.3) is 7.82 Å². The second-order valence-electron chi connectivity index (χ2n) is 25.4. The lowest BCUT2D eigenvalue weighted by atomic mass is 10.0. The van der Waals surface area contributed by atoms with Crippen molar-refractivity contribution >= 4 is 19.7 Å². The van der Waals surface area contributed by atoms with E-state index in [1.54, 1.807) is 0 Å². The highest BCUT2D eigenvalue weighted by atomic mass is 31.2. The number of allylic oxidation sites excluding steroid dienone is 15. The van der Waals surface area contributed by atoms with E-state index in [0.717, 1.165) is 103 Å². The number of nitrogens with zero attached hydrogens (tertiary/aromatic N) is 1. The molecule has 3 unspecified atom stereocenters. The molecule has 0 saturated carbocycles. The summed E-state index contributed by atoms with van der Waals surface area (Å²) in [7, 11) is 1.18. The number of carbonyl (C=O) groups is 2. The molecule has 0 rings (SSSR count). The summed E-state index contributed by atoms with van der Waals surface area (Å²) in [6.45, 7) is 6.73. The fourth-order valence-corrected chi connectivity index (χ4v) is 11.0. The van der Waals surface area contributed by atoms with Gasteiger partial charge in [-0.3, -0.25) is 14.2 Å². The van der Waals surface area contributed by atoms with Crippen molar-refractivity contribution in [1.29, 1.82) is 0 Å². The number of likely N-dealkylation sites (N-methyl/N-ethyl adjacent to an activating group) is 1. The molecule has 0 radical (unpaired) electrons. The molecule has 0 aliphatic rings. The monoisotopic (exact) mass is 1220 g/mol. The van der Waals surface area contributed by atoms with E-state index >= 15 is 0 Å². The predicted octanol–water partition coefficient (Wildman–Crippen LogP) is 22.4. The fourth-order valence-electron chi connectivity index (χ4n) is 10.2. The first kappa shape index (κ1) is 82.9. The molecule has 9 nitrogen and oxygen atoms in total. The highest BCUT2D eigenvalue weighted by Crippen LogP contribution is 2.38. The number of phosphoric acid groups is 1. The molecular formula is C76H137N2O7P. The van der Waals surface area contributed by atoms with Crippen LogP contribution in [0.15, 0.2) is 97.2 Å². The van der Waals surface area contributed by atoms with E-state index in [1.807, 2.05) is 33.3 Å². The van der Waals surface area contributed by atoms with Crippen LogP contribution in [0.4, 0.5) is 0 Å². The maximum atomic E-state index is 13.6. The van der Waals surface area contributed by atoms with Crippen LogP contribution in [0.1, 0.15) is 323 Å². The van der Waals surface area contributed by atoms with Gasteiger partial charge in [-0.15, -0.1) is 0 Å². The minimum Gasteiger partial charge on any atom is -0.756 e. The normalized spacial score (nSPS) is 14.1. The Kier molecular flexibility index (Phi) is 62.6. The number of hydrogen-bond acceptors (Lipinski definition) is 7. The number of ether oxygens (including phenoxy) is 1. The van der Waals surface area contributed by atoms with Gasteiger partial charge in [0, 0.05) is 12.8 Å². The lowest BCUT2D eigenvalue weighted by molar-refractivity contribution is -0.870. The van der Waals surface area contributed by atoms with Crippen LogP contribution in [-0.4, -0.2) is 69.4 Å². The number of quaternary nitrogens is 1. The molecule has 0 aromatic rings. The molecule has 0 saturated heterocycles. The highest BCUT2D eigenvalue weighted by molar-refractivity contribution is 7.45. The van der Waals surface area contributed by atoms with Crippen LogP contribution in [-0.2, 0) is 27.9 Å². The third-order valence-electron chi connectivity index (χ3n) is 15.7. The SMILES string of the molecule is CC/C=C\C/C=C\C/C=C\C/C=C\C/C=C\CCCCCCCCCCCCCC(=O)OC(/C=C\CCCCCCCCCCCC)C(COP(=O)([O-])OCC[N+](C)(C)C)NC(=O)CCCCCCCCCCCCC/C=C\C/C=C\CCCCC. The second kappa shape index (κ2) is 64.9. The van der Waals surface area contributed by atoms with Gasteiger partial charge >= 0.3 is 5.97 Å². The number of unbranched alkanes of at least 4 members (excludes halogenated alkanes) is 35. The summed E-state index contributed by atoms with van der Waals surface area (Å²) in [4.78, 5) is 40.2. The van der Waals surface area contributed by atoms with Gasteiger partial charge in [0.15, 0.2) is 0 Å². The molecule has 0 aromatic heterocycles. The largest absolute Gasteiger partial charge is 0.756 e. The topological polar surface area (TPSA) is 114 Å². The second-order valence-corrected chi connectivity index (χ2v) is 26.8. The van der Waals surface area contributed by atoms with Crippen LogP contribution in [0.2, 0.25) is 0 Å². The Bertz CT molecular complexity index is 1790. The van der Waals surface area contributed by atoms with E-state index in [4.69, 9.17) is 13.8 Å². The maximum absolute atomic E-state index is 13.6. The standard InChI is InChI=1S/C76H137N2O7P/c1-7-10-13-16-19-22-25-28-30-32-34-36-37-38-39-40-41-43-45-47-49-51-54-57-60-63-66-69-76(80)85-74(67-64-61-58-55-52-27-24-21-18-15-12-9-3)73(72-84-86(81,82)83-71-70-78(4,5)6)77-75(79)68-65-62-59-56-53-50-48-46-44-42-35-33-31-29-26-23-20-17-14-11-8-2/h10,13,19-20,22-23,28-31,34,36,38-39,64,67,73-74H,7-9,11-12,14-18,21,24-27,32-33,35,37,40-63,65-66,68-72H2,1-6H3,(H-,77,79,81,82)/b13-10-,22-19-,23-20-,30-28-,31-29-,36-34-,39-38-,67-64-. The number of nitrogens with one attached hydrogen (secondary N) is 1. The van der Waals surface area contributed by atoms with Crippen molar-refractivity contribution < 1.29 is 37.3 Å². The van der Waals surface area contributed by atoms with Crippen LogP contribution in [0.5, 0.6) is 0 Å². The van der Waals surface area contributed by atoms with Crippen molar-refractivity contribution in [3.8, 4) is 0 Å². The number of esters is 1. The third-order valence-corrected chi connectivity index (χ3v) is 16.7. The zero-order valence-corrected chi connectivity index (χ0v) is 57.9. The average Bonchev–Trinajstić information content (AvgIpc) is 3.65. The zero-order chi connectivity index (χ0) is 62.8. The van der Waals surface area contributed by atoms with Crippen LogP contribution in [0.25, 0.3) is 0 Å². The Hall–Kier alpha value is -3.07. The first-order valence-electron chi connectivity index (χ1n) is 36.0. The smallest absolute Gasteiger partial charge is 0.306 e. The van der Waals surface area contributed by atoms with Crippen molar-refractivity contribution in [3.63, 3.8) is 0 Å². The van der Waals surface area contributed by atoms with Crippen molar-refractivity contribution in [1.82, 2.24) is 5.32 Å². The summed E-state index contributed by atoms with van der Waals surface area (Å²) >= 11 is 0. The molecule has 10 heteroatoms. The van der Waals surface area contributed by atoms with E-state index in [0.29, 0.717) is 17.4 Å². The van der Waals surface area contributed by atoms with E-state index in [2.05, 4.69) is 111 Å². The van der Waals surface area contributed by atoms with Crippen LogP contribution in [0.3, 0.4) is 0 Å². The Morgan fingerprint density at radius 1 is 0.419 bits per heavy atom. The van der Waals surface area contributed by atoms with Gasteiger partial charge in [0.1, 0.15) is 19.3 Å². The van der Waals surface area contributed by atoms with Crippen LogP contribution >= 0.6 is 7.82 Å². The molecule has 0 fully saturated rings. The Morgan fingerprint density at radius 2 is 0.744 bits per heavy atom. The van der Waals surface area contributed by atoms with Crippen molar-refractivity contribution in [3.05, 3.63) is 97.2 Å². The predicted molar refractivity (Wildman–Crippen MR) is 371 cm³/mol. The van der Waals surface area contributed by atoms with E-state index in [-0.39, 0.29) is 24.9 Å². The zero-order valence-electron chi connectivity index (χ0n) is 57.0.